The van der Waals surface area contributed by atoms with Crippen LogP contribution in [0.3, 0.4) is 0 Å². The predicted octanol–water partition coefficient (Wildman–Crippen LogP) is 4.67. The number of hydrogen-bond donors (Lipinski definition) is 1. The average molecular weight is 441 g/mol. The molecule has 2 aromatic rings. The van der Waals surface area contributed by atoms with E-state index in [1.807, 2.05) is 0 Å². The maximum atomic E-state index is 13.5. The molecule has 1 aliphatic rings. The Bertz CT molecular complexity index is 1030. The Labute approximate surface area is 173 Å². The number of amides is 2. The standard InChI is InChI=1S/C20H16F5N3O3/c1-11-16(17(29)26-13-5-3-4-12(10-13)19(2,21)22)18(30)28(27-11)14-6-8-15(9-7-14)31-20(23,24)25/h3-10,16H,1-2H3,(H,26,29). The van der Waals surface area contributed by atoms with Crippen molar-refractivity contribution in [3.8, 4) is 5.75 Å². The highest BCUT2D eigenvalue weighted by atomic mass is 19.4. The molecule has 0 aliphatic carbocycles. The molecule has 0 radical (unpaired) electrons. The van der Waals surface area contributed by atoms with Crippen LogP contribution < -0.4 is 15.1 Å². The molecule has 1 atom stereocenters. The molecular weight excluding hydrogens is 425 g/mol. The summed E-state index contributed by atoms with van der Waals surface area (Å²) >= 11 is 0. The molecule has 0 fully saturated rings. The van der Waals surface area contributed by atoms with E-state index in [0.29, 0.717) is 6.92 Å². The second-order valence-electron chi connectivity index (χ2n) is 6.82. The lowest BCUT2D eigenvalue weighted by molar-refractivity contribution is -0.274. The van der Waals surface area contributed by atoms with Crippen molar-refractivity contribution in [1.82, 2.24) is 0 Å². The zero-order chi connectivity index (χ0) is 23.0. The van der Waals surface area contributed by atoms with E-state index in [1.165, 1.54) is 37.3 Å². The van der Waals surface area contributed by atoms with Gasteiger partial charge < -0.3 is 10.1 Å². The first-order valence-electron chi connectivity index (χ1n) is 8.89. The maximum absolute atomic E-state index is 13.5. The van der Waals surface area contributed by atoms with E-state index in [0.717, 1.165) is 23.2 Å². The number of hydrazone groups is 1. The predicted molar refractivity (Wildman–Crippen MR) is 102 cm³/mol. The van der Waals surface area contributed by atoms with Crippen molar-refractivity contribution >= 4 is 28.9 Å². The number of hydrogen-bond acceptors (Lipinski definition) is 4. The fourth-order valence-electron chi connectivity index (χ4n) is 2.93. The van der Waals surface area contributed by atoms with Gasteiger partial charge >= 0.3 is 6.36 Å². The van der Waals surface area contributed by atoms with Gasteiger partial charge in [-0.2, -0.15) is 10.1 Å². The first-order chi connectivity index (χ1) is 14.3. The molecular formula is C20H16F5N3O3. The van der Waals surface area contributed by atoms with E-state index in [-0.39, 0.29) is 22.6 Å². The monoisotopic (exact) mass is 441 g/mol. The zero-order valence-corrected chi connectivity index (χ0v) is 16.2. The van der Waals surface area contributed by atoms with Crippen LogP contribution in [0.4, 0.5) is 33.3 Å². The van der Waals surface area contributed by atoms with E-state index < -0.39 is 35.8 Å². The quantitative estimate of drug-likeness (QED) is 0.541. The molecule has 164 valence electrons. The van der Waals surface area contributed by atoms with Gasteiger partial charge in [-0.3, -0.25) is 9.59 Å². The van der Waals surface area contributed by atoms with Crippen molar-refractivity contribution in [2.24, 2.45) is 11.0 Å². The molecule has 3 rings (SSSR count). The van der Waals surface area contributed by atoms with Crippen LogP contribution in [0.15, 0.2) is 53.6 Å². The minimum absolute atomic E-state index is 0.0803. The summed E-state index contributed by atoms with van der Waals surface area (Å²) in [5, 5.41) is 7.30. The molecule has 0 spiro atoms. The highest BCUT2D eigenvalue weighted by Gasteiger charge is 2.40. The third-order valence-corrected chi connectivity index (χ3v) is 4.35. The molecule has 1 aliphatic heterocycles. The van der Waals surface area contributed by atoms with E-state index in [1.54, 1.807) is 0 Å². The van der Waals surface area contributed by atoms with E-state index >= 15 is 0 Å². The minimum Gasteiger partial charge on any atom is -0.406 e. The summed E-state index contributed by atoms with van der Waals surface area (Å²) in [6.07, 6.45) is -4.86. The van der Waals surface area contributed by atoms with Crippen LogP contribution in [-0.2, 0) is 15.5 Å². The first kappa shape index (κ1) is 22.2. The lowest BCUT2D eigenvalue weighted by atomic mass is 10.0. The van der Waals surface area contributed by atoms with Gasteiger partial charge in [-0.15, -0.1) is 13.2 Å². The molecule has 0 saturated heterocycles. The molecule has 31 heavy (non-hydrogen) atoms. The fourth-order valence-corrected chi connectivity index (χ4v) is 2.93. The Morgan fingerprint density at radius 2 is 1.74 bits per heavy atom. The highest BCUT2D eigenvalue weighted by Crippen LogP contribution is 2.31. The molecule has 2 amide bonds. The third-order valence-electron chi connectivity index (χ3n) is 4.35. The van der Waals surface area contributed by atoms with Gasteiger partial charge in [-0.25, -0.2) is 8.78 Å². The normalized spacial score (nSPS) is 16.9. The van der Waals surface area contributed by atoms with Crippen LogP contribution in [-0.4, -0.2) is 23.9 Å². The second kappa shape index (κ2) is 7.97. The second-order valence-corrected chi connectivity index (χ2v) is 6.82. The Hall–Kier alpha value is -3.50. The highest BCUT2D eigenvalue weighted by molar-refractivity contribution is 6.28. The summed E-state index contributed by atoms with van der Waals surface area (Å²) in [4.78, 5) is 25.3. The van der Waals surface area contributed by atoms with Gasteiger partial charge in [0.15, 0.2) is 5.92 Å². The number of carbonyl (C=O) groups excluding carboxylic acids is 2. The number of ether oxygens (including phenoxy) is 1. The van der Waals surface area contributed by atoms with Crippen molar-refractivity contribution < 1.29 is 36.3 Å². The maximum Gasteiger partial charge on any atom is 0.573 e. The SMILES string of the molecule is CC1=NN(c2ccc(OC(F)(F)F)cc2)C(=O)C1C(=O)Nc1cccc(C(C)(F)F)c1. The van der Waals surface area contributed by atoms with Gasteiger partial charge in [0.05, 0.1) is 11.4 Å². The molecule has 0 aromatic heterocycles. The largest absolute Gasteiger partial charge is 0.573 e. The molecule has 11 heteroatoms. The number of benzene rings is 2. The van der Waals surface area contributed by atoms with Crippen molar-refractivity contribution in [2.45, 2.75) is 26.1 Å². The smallest absolute Gasteiger partial charge is 0.406 e. The van der Waals surface area contributed by atoms with Crippen molar-refractivity contribution in [1.29, 1.82) is 0 Å². The first-order valence-corrected chi connectivity index (χ1v) is 8.89. The van der Waals surface area contributed by atoms with Gasteiger partial charge in [-0.05, 0) is 43.3 Å². The van der Waals surface area contributed by atoms with Gasteiger partial charge in [0.2, 0.25) is 5.91 Å². The van der Waals surface area contributed by atoms with E-state index in [2.05, 4.69) is 15.2 Å². The number of carbonyl (C=O) groups is 2. The Kier molecular flexibility index (Phi) is 5.70. The number of rotatable bonds is 5. The summed E-state index contributed by atoms with van der Waals surface area (Å²) in [5.74, 6) is -6.43. The zero-order valence-electron chi connectivity index (χ0n) is 16.2. The van der Waals surface area contributed by atoms with Crippen LogP contribution in [0, 0.1) is 5.92 Å². The summed E-state index contributed by atoms with van der Waals surface area (Å²) in [5.41, 5.74) is 0.0323. The van der Waals surface area contributed by atoms with Crippen LogP contribution in [0.2, 0.25) is 0 Å². The van der Waals surface area contributed by atoms with Crippen molar-refractivity contribution in [3.05, 3.63) is 54.1 Å². The number of anilines is 2. The molecule has 1 N–H and O–H groups in total. The van der Waals surface area contributed by atoms with Gasteiger partial charge in [-0.1, -0.05) is 12.1 Å². The lowest BCUT2D eigenvalue weighted by Crippen LogP contribution is -2.36. The molecule has 0 bridgehead atoms. The summed E-state index contributed by atoms with van der Waals surface area (Å²) in [6.45, 7) is 2.15. The fraction of sp³-hybridized carbons (Fsp3) is 0.250. The van der Waals surface area contributed by atoms with E-state index in [4.69, 9.17) is 0 Å². The summed E-state index contributed by atoms with van der Waals surface area (Å²) in [6, 6.07) is 9.42. The third kappa shape index (κ3) is 5.16. The summed E-state index contributed by atoms with van der Waals surface area (Å²) in [7, 11) is 0. The summed E-state index contributed by atoms with van der Waals surface area (Å²) < 4.78 is 67.6. The topological polar surface area (TPSA) is 71.0 Å². The molecule has 0 saturated carbocycles. The molecule has 1 heterocycles. The van der Waals surface area contributed by atoms with Gasteiger partial charge in [0.25, 0.3) is 11.8 Å². The number of halogens is 5. The number of alkyl halides is 5. The Balaban J connectivity index is 1.74. The van der Waals surface area contributed by atoms with Crippen LogP contribution in [0.25, 0.3) is 0 Å². The van der Waals surface area contributed by atoms with E-state index in [9.17, 15) is 31.5 Å². The molecule has 1 unspecified atom stereocenters. The van der Waals surface area contributed by atoms with Crippen LogP contribution in [0.1, 0.15) is 19.4 Å². The molecule has 6 nitrogen and oxygen atoms in total. The van der Waals surface area contributed by atoms with Gasteiger partial charge in [0, 0.05) is 18.2 Å². The Morgan fingerprint density at radius 3 is 2.32 bits per heavy atom. The lowest BCUT2D eigenvalue weighted by Gasteiger charge is -2.16. The van der Waals surface area contributed by atoms with Crippen molar-refractivity contribution in [2.75, 3.05) is 10.3 Å². The van der Waals surface area contributed by atoms with Crippen molar-refractivity contribution in [3.63, 3.8) is 0 Å². The Morgan fingerprint density at radius 1 is 1.10 bits per heavy atom. The number of nitrogens with zero attached hydrogens (tertiary/aromatic N) is 2. The average Bonchev–Trinajstić information content (AvgIpc) is 2.95. The minimum atomic E-state index is -4.86. The van der Waals surface area contributed by atoms with Crippen LogP contribution >= 0.6 is 0 Å². The van der Waals surface area contributed by atoms with Crippen LogP contribution in [0.5, 0.6) is 5.75 Å². The van der Waals surface area contributed by atoms with Gasteiger partial charge in [0.1, 0.15) is 5.75 Å². The molecule has 2 aromatic carbocycles. The number of nitrogens with one attached hydrogen (secondary N) is 1.